The van der Waals surface area contributed by atoms with Gasteiger partial charge in [0.05, 0.1) is 0 Å². The summed E-state index contributed by atoms with van der Waals surface area (Å²) >= 11 is 8.55. The van der Waals surface area contributed by atoms with Crippen LogP contribution in [0.1, 0.15) is 11.1 Å². The number of halogens is 1. The highest BCUT2D eigenvalue weighted by atomic mass is 79.9. The summed E-state index contributed by atoms with van der Waals surface area (Å²) in [5, 5.41) is 3.30. The summed E-state index contributed by atoms with van der Waals surface area (Å²) in [6.07, 6.45) is 0. The summed E-state index contributed by atoms with van der Waals surface area (Å²) in [6.45, 7) is 3.27. The molecule has 21 heavy (non-hydrogen) atoms. The maximum atomic E-state index is 5.76. The lowest BCUT2D eigenvalue weighted by Crippen LogP contribution is -2.17. The van der Waals surface area contributed by atoms with Crippen LogP contribution in [0.3, 0.4) is 0 Å². The van der Waals surface area contributed by atoms with Crippen molar-refractivity contribution in [1.82, 2.24) is 0 Å². The molecule has 0 aliphatic carbocycles. The second-order valence-corrected chi connectivity index (χ2v) is 5.91. The smallest absolute Gasteiger partial charge is 0.119 e. The first-order chi connectivity index (χ1) is 10.1. The zero-order chi connectivity index (χ0) is 15.2. The van der Waals surface area contributed by atoms with E-state index in [4.69, 9.17) is 22.7 Å². The molecule has 0 radical (unpaired) electrons. The van der Waals surface area contributed by atoms with Crippen LogP contribution in [0.25, 0.3) is 0 Å². The predicted octanol–water partition coefficient (Wildman–Crippen LogP) is 3.88. The maximum Gasteiger partial charge on any atom is 0.119 e. The Bertz CT molecular complexity index is 646. The summed E-state index contributed by atoms with van der Waals surface area (Å²) in [4.78, 5) is 0.365. The minimum absolute atomic E-state index is 0.365. The summed E-state index contributed by atoms with van der Waals surface area (Å²) in [6, 6.07) is 13.8. The summed E-state index contributed by atoms with van der Waals surface area (Å²) in [5.74, 6) is 0.876. The number of aryl methyl sites for hydroxylation is 1. The number of rotatable bonds is 6. The highest BCUT2D eigenvalue weighted by Gasteiger charge is 2.08. The molecule has 0 unspecified atom stereocenters. The Balaban J connectivity index is 1.92. The minimum Gasteiger partial charge on any atom is -0.492 e. The number of hydrogen-bond acceptors (Lipinski definition) is 3. The van der Waals surface area contributed by atoms with Gasteiger partial charge < -0.3 is 15.8 Å². The van der Waals surface area contributed by atoms with Crippen LogP contribution in [-0.2, 0) is 0 Å². The zero-order valence-corrected chi connectivity index (χ0v) is 14.1. The minimum atomic E-state index is 0.365. The quantitative estimate of drug-likeness (QED) is 0.603. The lowest BCUT2D eigenvalue weighted by Gasteiger charge is -2.13. The molecule has 0 heterocycles. The fraction of sp³-hybridized carbons (Fsp3) is 0.188. The van der Waals surface area contributed by atoms with Crippen LogP contribution >= 0.6 is 28.1 Å². The van der Waals surface area contributed by atoms with Crippen molar-refractivity contribution < 1.29 is 4.74 Å². The van der Waals surface area contributed by atoms with E-state index in [2.05, 4.69) is 21.2 Å². The monoisotopic (exact) mass is 364 g/mol. The van der Waals surface area contributed by atoms with Gasteiger partial charge in [0.2, 0.25) is 0 Å². The lowest BCUT2D eigenvalue weighted by molar-refractivity contribution is 0.332. The van der Waals surface area contributed by atoms with Gasteiger partial charge in [-0.05, 0) is 52.7 Å². The number of nitrogens with two attached hydrogens (primary N) is 1. The van der Waals surface area contributed by atoms with E-state index in [1.54, 1.807) is 0 Å². The molecular formula is C16H17BrN2OS. The van der Waals surface area contributed by atoms with Crippen LogP contribution < -0.4 is 15.8 Å². The van der Waals surface area contributed by atoms with Crippen molar-refractivity contribution in [2.24, 2.45) is 5.73 Å². The molecule has 0 atom stereocenters. The molecule has 2 aromatic carbocycles. The van der Waals surface area contributed by atoms with Gasteiger partial charge in [-0.15, -0.1) is 0 Å². The first-order valence-corrected chi connectivity index (χ1v) is 7.79. The second-order valence-electron chi connectivity index (χ2n) is 4.62. The van der Waals surface area contributed by atoms with Crippen molar-refractivity contribution in [2.75, 3.05) is 18.5 Å². The lowest BCUT2D eigenvalue weighted by atomic mass is 10.2. The Kier molecular flexibility index (Phi) is 5.59. The number of ether oxygens (including phenoxy) is 1. The molecule has 0 aromatic heterocycles. The van der Waals surface area contributed by atoms with E-state index in [-0.39, 0.29) is 0 Å². The van der Waals surface area contributed by atoms with Gasteiger partial charge in [0.15, 0.2) is 0 Å². The molecule has 2 rings (SSSR count). The van der Waals surface area contributed by atoms with Gasteiger partial charge in [-0.2, -0.15) is 0 Å². The molecule has 3 N–H and O–H groups in total. The molecule has 0 amide bonds. The fourth-order valence-corrected chi connectivity index (χ4v) is 2.91. The molecule has 2 aromatic rings. The van der Waals surface area contributed by atoms with Crippen LogP contribution in [0.5, 0.6) is 5.75 Å². The van der Waals surface area contributed by atoms with Crippen molar-refractivity contribution >= 4 is 38.8 Å². The third-order valence-corrected chi connectivity index (χ3v) is 3.80. The zero-order valence-electron chi connectivity index (χ0n) is 11.7. The van der Waals surface area contributed by atoms with Gasteiger partial charge in [-0.3, -0.25) is 0 Å². The van der Waals surface area contributed by atoms with Gasteiger partial charge in [0.25, 0.3) is 0 Å². The molecule has 0 saturated heterocycles. The predicted molar refractivity (Wildman–Crippen MR) is 95.2 cm³/mol. The Morgan fingerprint density at radius 3 is 2.76 bits per heavy atom. The highest BCUT2D eigenvalue weighted by Crippen LogP contribution is 2.24. The summed E-state index contributed by atoms with van der Waals surface area (Å²) in [7, 11) is 0. The number of nitrogens with one attached hydrogen (secondary N) is 1. The van der Waals surface area contributed by atoms with E-state index in [0.29, 0.717) is 18.1 Å². The van der Waals surface area contributed by atoms with E-state index in [0.717, 1.165) is 21.5 Å². The Hall–Kier alpha value is -1.59. The number of benzene rings is 2. The van der Waals surface area contributed by atoms with E-state index in [9.17, 15) is 0 Å². The molecular weight excluding hydrogens is 348 g/mol. The SMILES string of the molecule is Cc1cccc(OCCNc2cccc(Br)c2C(N)=S)c1. The molecule has 0 spiro atoms. The van der Waals surface area contributed by atoms with Crippen LogP contribution in [0.4, 0.5) is 5.69 Å². The van der Waals surface area contributed by atoms with Gasteiger partial charge in [0.1, 0.15) is 17.3 Å². The Labute approximate surface area is 138 Å². The molecule has 110 valence electrons. The number of thiocarbonyl (C=S) groups is 1. The van der Waals surface area contributed by atoms with Crippen molar-refractivity contribution in [1.29, 1.82) is 0 Å². The topological polar surface area (TPSA) is 47.3 Å². The van der Waals surface area contributed by atoms with Gasteiger partial charge in [-0.25, -0.2) is 0 Å². The molecule has 3 nitrogen and oxygen atoms in total. The van der Waals surface area contributed by atoms with E-state index >= 15 is 0 Å². The number of anilines is 1. The molecule has 0 fully saturated rings. The average Bonchev–Trinajstić information content (AvgIpc) is 2.43. The van der Waals surface area contributed by atoms with Gasteiger partial charge in [0, 0.05) is 22.3 Å². The molecule has 0 bridgehead atoms. The van der Waals surface area contributed by atoms with Gasteiger partial charge >= 0.3 is 0 Å². The third kappa shape index (κ3) is 4.44. The highest BCUT2D eigenvalue weighted by molar-refractivity contribution is 9.10. The van der Waals surface area contributed by atoms with Crippen molar-refractivity contribution in [2.45, 2.75) is 6.92 Å². The van der Waals surface area contributed by atoms with Crippen LogP contribution in [0, 0.1) is 6.92 Å². The Morgan fingerprint density at radius 2 is 2.05 bits per heavy atom. The first kappa shape index (κ1) is 15.8. The van der Waals surface area contributed by atoms with Crippen molar-refractivity contribution in [3.63, 3.8) is 0 Å². The Morgan fingerprint density at radius 1 is 1.29 bits per heavy atom. The van der Waals surface area contributed by atoms with Crippen LogP contribution in [0.15, 0.2) is 46.9 Å². The summed E-state index contributed by atoms with van der Waals surface area (Å²) in [5.41, 5.74) is 8.67. The standard InChI is InChI=1S/C16H17BrN2OS/c1-11-4-2-5-12(10-11)20-9-8-19-14-7-3-6-13(17)15(14)16(18)21/h2-7,10,19H,8-9H2,1H3,(H2,18,21). The summed E-state index contributed by atoms with van der Waals surface area (Å²) < 4.78 is 6.59. The molecule has 5 heteroatoms. The van der Waals surface area contributed by atoms with E-state index < -0.39 is 0 Å². The second kappa shape index (κ2) is 7.43. The average molecular weight is 365 g/mol. The molecule has 0 aliphatic heterocycles. The van der Waals surface area contributed by atoms with Crippen LogP contribution in [-0.4, -0.2) is 18.1 Å². The van der Waals surface area contributed by atoms with Gasteiger partial charge in [-0.1, -0.05) is 30.4 Å². The molecule has 0 saturated carbocycles. The largest absolute Gasteiger partial charge is 0.492 e. The third-order valence-electron chi connectivity index (χ3n) is 2.94. The van der Waals surface area contributed by atoms with E-state index in [1.807, 2.05) is 49.4 Å². The van der Waals surface area contributed by atoms with Crippen molar-refractivity contribution in [3.8, 4) is 5.75 Å². The molecule has 0 aliphatic rings. The normalized spacial score (nSPS) is 10.2. The van der Waals surface area contributed by atoms with Crippen molar-refractivity contribution in [3.05, 3.63) is 58.1 Å². The van der Waals surface area contributed by atoms with E-state index in [1.165, 1.54) is 5.56 Å². The fourth-order valence-electron chi connectivity index (χ4n) is 1.98. The van der Waals surface area contributed by atoms with Crippen LogP contribution in [0.2, 0.25) is 0 Å². The number of hydrogen-bond donors (Lipinski definition) is 2. The maximum absolute atomic E-state index is 5.76. The first-order valence-electron chi connectivity index (χ1n) is 6.59.